The first kappa shape index (κ1) is 16.1. The molecule has 0 radical (unpaired) electrons. The zero-order valence-corrected chi connectivity index (χ0v) is 14.1. The first-order valence-electron chi connectivity index (χ1n) is 9.15. The number of hydrogen-bond acceptors (Lipinski definition) is 4. The van der Waals surface area contributed by atoms with Crippen molar-refractivity contribution in [1.82, 2.24) is 9.96 Å². The summed E-state index contributed by atoms with van der Waals surface area (Å²) in [5.74, 6) is 0.537. The Morgan fingerprint density at radius 2 is 2.04 bits per heavy atom. The predicted octanol–water partition coefficient (Wildman–Crippen LogP) is 2.22. The Morgan fingerprint density at radius 1 is 1.17 bits per heavy atom. The number of hydrogen-bond donors (Lipinski definition) is 0. The van der Waals surface area contributed by atoms with Gasteiger partial charge in [-0.25, -0.2) is 5.06 Å². The van der Waals surface area contributed by atoms with Crippen LogP contribution in [0, 0.1) is 5.92 Å². The fraction of sp³-hybridized carbons (Fsp3) is 0.632. The number of rotatable bonds is 3. The lowest BCUT2D eigenvalue weighted by molar-refractivity contribution is -0.206. The van der Waals surface area contributed by atoms with Gasteiger partial charge in [0, 0.05) is 19.6 Å². The fourth-order valence-electron chi connectivity index (χ4n) is 4.07. The zero-order valence-electron chi connectivity index (χ0n) is 14.1. The lowest BCUT2D eigenvalue weighted by Gasteiger charge is -2.34. The van der Waals surface area contributed by atoms with Crippen LogP contribution >= 0.6 is 0 Å². The van der Waals surface area contributed by atoms with Gasteiger partial charge in [0.15, 0.2) is 0 Å². The van der Waals surface area contributed by atoms with E-state index in [-0.39, 0.29) is 18.1 Å². The normalized spacial score (nSPS) is 31.0. The van der Waals surface area contributed by atoms with Crippen LogP contribution in [-0.2, 0) is 20.9 Å². The Kier molecular flexibility index (Phi) is 4.83. The summed E-state index contributed by atoms with van der Waals surface area (Å²) in [6.07, 6.45) is 3.89. The smallest absolute Gasteiger partial charge is 0.275 e. The zero-order chi connectivity index (χ0) is 16.4. The molecule has 3 saturated heterocycles. The SMILES string of the molecule is O=C([C@@H]1C[C@H]2CCN(Cc3ccccc3)C[C@@H]2O1)N1CCCCO1. The van der Waals surface area contributed by atoms with Crippen LogP contribution in [0.5, 0.6) is 0 Å². The van der Waals surface area contributed by atoms with Crippen molar-refractivity contribution in [2.45, 2.75) is 44.4 Å². The Labute approximate surface area is 143 Å². The Morgan fingerprint density at radius 3 is 2.83 bits per heavy atom. The average molecular weight is 330 g/mol. The van der Waals surface area contributed by atoms with Crippen molar-refractivity contribution in [2.75, 3.05) is 26.2 Å². The lowest BCUT2D eigenvalue weighted by atomic mass is 9.91. The molecule has 0 spiro atoms. The molecule has 5 heteroatoms. The molecule has 3 heterocycles. The van der Waals surface area contributed by atoms with Gasteiger partial charge in [0.05, 0.1) is 12.7 Å². The third-order valence-corrected chi connectivity index (χ3v) is 5.41. The van der Waals surface area contributed by atoms with Crippen molar-refractivity contribution in [2.24, 2.45) is 5.92 Å². The molecule has 1 aromatic carbocycles. The summed E-state index contributed by atoms with van der Waals surface area (Å²) >= 11 is 0. The van der Waals surface area contributed by atoms with E-state index in [4.69, 9.17) is 9.57 Å². The molecule has 130 valence electrons. The number of carbonyl (C=O) groups is 1. The van der Waals surface area contributed by atoms with Gasteiger partial charge in [-0.3, -0.25) is 14.5 Å². The molecular weight excluding hydrogens is 304 g/mol. The standard InChI is InChI=1S/C19H26N2O3/c22-19(21-9-4-5-11-23-21)17-12-16-8-10-20(14-18(16)24-17)13-15-6-2-1-3-7-15/h1-3,6-7,16-18H,4-5,8-14H2/t16-,17+,18+/m1/s1. The summed E-state index contributed by atoms with van der Waals surface area (Å²) in [6, 6.07) is 10.6. The number of ether oxygens (including phenoxy) is 1. The minimum absolute atomic E-state index is 0.0266. The molecular formula is C19H26N2O3. The summed E-state index contributed by atoms with van der Waals surface area (Å²) < 4.78 is 6.14. The topological polar surface area (TPSA) is 42.0 Å². The van der Waals surface area contributed by atoms with Gasteiger partial charge in [-0.15, -0.1) is 0 Å². The van der Waals surface area contributed by atoms with Gasteiger partial charge in [-0.2, -0.15) is 0 Å². The molecule has 0 saturated carbocycles. The fourth-order valence-corrected chi connectivity index (χ4v) is 4.07. The molecule has 0 aliphatic carbocycles. The molecule has 3 aliphatic heterocycles. The van der Waals surface area contributed by atoms with E-state index < -0.39 is 0 Å². The first-order valence-corrected chi connectivity index (χ1v) is 9.15. The monoisotopic (exact) mass is 330 g/mol. The molecule has 0 unspecified atom stereocenters. The van der Waals surface area contributed by atoms with E-state index >= 15 is 0 Å². The molecule has 3 fully saturated rings. The number of amides is 1. The molecule has 3 atom stereocenters. The number of carbonyl (C=O) groups excluding carboxylic acids is 1. The van der Waals surface area contributed by atoms with Gasteiger partial charge in [0.1, 0.15) is 6.10 Å². The summed E-state index contributed by atoms with van der Waals surface area (Å²) in [5, 5.41) is 1.53. The van der Waals surface area contributed by atoms with E-state index in [1.54, 1.807) is 0 Å². The Hall–Kier alpha value is -1.43. The highest BCUT2D eigenvalue weighted by atomic mass is 16.7. The summed E-state index contributed by atoms with van der Waals surface area (Å²) in [6.45, 7) is 4.32. The van der Waals surface area contributed by atoms with Crippen molar-refractivity contribution in [3.8, 4) is 0 Å². The van der Waals surface area contributed by atoms with Crippen molar-refractivity contribution < 1.29 is 14.4 Å². The highest BCUT2D eigenvalue weighted by molar-refractivity contribution is 5.80. The Balaban J connectivity index is 1.33. The quantitative estimate of drug-likeness (QED) is 0.852. The van der Waals surface area contributed by atoms with Crippen LogP contribution in [0.1, 0.15) is 31.2 Å². The predicted molar refractivity (Wildman–Crippen MR) is 90.0 cm³/mol. The van der Waals surface area contributed by atoms with Crippen molar-refractivity contribution in [1.29, 1.82) is 0 Å². The third kappa shape index (κ3) is 3.48. The summed E-state index contributed by atoms with van der Waals surface area (Å²) in [4.78, 5) is 20.5. The van der Waals surface area contributed by atoms with Gasteiger partial charge >= 0.3 is 0 Å². The number of fused-ring (bicyclic) bond motifs is 1. The largest absolute Gasteiger partial charge is 0.363 e. The number of likely N-dealkylation sites (tertiary alicyclic amines) is 1. The number of nitrogens with zero attached hydrogens (tertiary/aromatic N) is 2. The van der Waals surface area contributed by atoms with Crippen LogP contribution < -0.4 is 0 Å². The molecule has 0 bridgehead atoms. The maximum atomic E-state index is 12.6. The molecule has 3 aliphatic rings. The Bertz CT molecular complexity index is 559. The summed E-state index contributed by atoms with van der Waals surface area (Å²) in [7, 11) is 0. The van der Waals surface area contributed by atoms with Crippen molar-refractivity contribution in [3.63, 3.8) is 0 Å². The third-order valence-electron chi connectivity index (χ3n) is 5.41. The van der Waals surface area contributed by atoms with Gasteiger partial charge in [0.2, 0.25) is 0 Å². The highest BCUT2D eigenvalue weighted by Crippen LogP contribution is 2.34. The summed E-state index contributed by atoms with van der Waals surface area (Å²) in [5.41, 5.74) is 1.34. The maximum Gasteiger partial charge on any atom is 0.275 e. The minimum Gasteiger partial charge on any atom is -0.363 e. The molecule has 0 aromatic heterocycles. The second-order valence-electron chi connectivity index (χ2n) is 7.15. The van der Waals surface area contributed by atoms with E-state index in [1.165, 1.54) is 10.6 Å². The molecule has 4 rings (SSSR count). The van der Waals surface area contributed by atoms with Gasteiger partial charge in [-0.1, -0.05) is 30.3 Å². The second-order valence-corrected chi connectivity index (χ2v) is 7.15. The van der Waals surface area contributed by atoms with Crippen LogP contribution in [0.25, 0.3) is 0 Å². The van der Waals surface area contributed by atoms with Gasteiger partial charge < -0.3 is 4.74 Å². The molecule has 0 N–H and O–H groups in total. The van der Waals surface area contributed by atoms with E-state index in [0.717, 1.165) is 45.3 Å². The van der Waals surface area contributed by atoms with Crippen LogP contribution in [-0.4, -0.2) is 54.3 Å². The number of benzene rings is 1. The van der Waals surface area contributed by atoms with E-state index in [9.17, 15) is 4.79 Å². The minimum atomic E-state index is -0.310. The molecule has 1 amide bonds. The van der Waals surface area contributed by atoms with Gasteiger partial charge in [-0.05, 0) is 43.7 Å². The van der Waals surface area contributed by atoms with Crippen LogP contribution in [0.3, 0.4) is 0 Å². The second kappa shape index (κ2) is 7.21. The van der Waals surface area contributed by atoms with Crippen molar-refractivity contribution in [3.05, 3.63) is 35.9 Å². The molecule has 24 heavy (non-hydrogen) atoms. The van der Waals surface area contributed by atoms with E-state index in [2.05, 4.69) is 35.2 Å². The number of hydroxylamine groups is 2. The van der Waals surface area contributed by atoms with Crippen LogP contribution in [0.4, 0.5) is 0 Å². The van der Waals surface area contributed by atoms with Crippen molar-refractivity contribution >= 4 is 5.91 Å². The molecule has 1 aromatic rings. The van der Waals surface area contributed by atoms with E-state index in [1.807, 2.05) is 0 Å². The van der Waals surface area contributed by atoms with Gasteiger partial charge in [0.25, 0.3) is 5.91 Å². The average Bonchev–Trinajstić information content (AvgIpc) is 3.06. The molecule has 5 nitrogen and oxygen atoms in total. The lowest BCUT2D eigenvalue weighted by Crippen LogP contribution is -2.43. The highest BCUT2D eigenvalue weighted by Gasteiger charge is 2.43. The number of piperidine rings is 1. The first-order chi connectivity index (χ1) is 11.8. The maximum absolute atomic E-state index is 12.6. The van der Waals surface area contributed by atoms with Crippen LogP contribution in [0.2, 0.25) is 0 Å². The van der Waals surface area contributed by atoms with E-state index in [0.29, 0.717) is 19.1 Å². The van der Waals surface area contributed by atoms with Crippen LogP contribution in [0.15, 0.2) is 30.3 Å².